The summed E-state index contributed by atoms with van der Waals surface area (Å²) in [6.45, 7) is 2.41. The molecule has 2 aromatic rings. The number of nitrogens with one attached hydrogen (secondary N) is 2. The first-order chi connectivity index (χ1) is 10.1. The summed E-state index contributed by atoms with van der Waals surface area (Å²) in [6, 6.07) is 4.93. The SMILES string of the molecule is COc1cc(C(=O)NCCCc2n[nH]c(C)n2)ccc1Cl. The summed E-state index contributed by atoms with van der Waals surface area (Å²) in [7, 11) is 1.52. The number of hydrogen-bond acceptors (Lipinski definition) is 4. The summed E-state index contributed by atoms with van der Waals surface area (Å²) in [6.07, 6.45) is 1.49. The molecule has 0 spiro atoms. The van der Waals surface area contributed by atoms with Gasteiger partial charge in [-0.15, -0.1) is 0 Å². The quantitative estimate of drug-likeness (QED) is 0.801. The third-order valence-electron chi connectivity index (χ3n) is 2.92. The van der Waals surface area contributed by atoms with E-state index in [-0.39, 0.29) is 5.91 Å². The Morgan fingerprint density at radius 1 is 1.48 bits per heavy atom. The average Bonchev–Trinajstić information content (AvgIpc) is 2.89. The maximum atomic E-state index is 12.0. The zero-order chi connectivity index (χ0) is 15.2. The minimum absolute atomic E-state index is 0.156. The first-order valence-electron chi connectivity index (χ1n) is 6.60. The van der Waals surface area contributed by atoms with Crippen LogP contribution in [-0.4, -0.2) is 34.7 Å². The highest BCUT2D eigenvalue weighted by Crippen LogP contribution is 2.24. The van der Waals surface area contributed by atoms with Crippen LogP contribution in [0.3, 0.4) is 0 Å². The van der Waals surface area contributed by atoms with Gasteiger partial charge in [-0.25, -0.2) is 4.98 Å². The monoisotopic (exact) mass is 308 g/mol. The number of rotatable bonds is 6. The molecule has 1 heterocycles. The molecule has 0 saturated heterocycles. The molecule has 7 heteroatoms. The van der Waals surface area contributed by atoms with Crippen molar-refractivity contribution in [1.29, 1.82) is 0 Å². The topological polar surface area (TPSA) is 79.9 Å². The van der Waals surface area contributed by atoms with Crippen molar-refractivity contribution in [3.63, 3.8) is 0 Å². The van der Waals surface area contributed by atoms with E-state index in [0.29, 0.717) is 29.3 Å². The number of carbonyl (C=O) groups excluding carboxylic acids is 1. The van der Waals surface area contributed by atoms with E-state index >= 15 is 0 Å². The number of nitrogens with zero attached hydrogens (tertiary/aromatic N) is 2. The maximum absolute atomic E-state index is 12.0. The van der Waals surface area contributed by atoms with Gasteiger partial charge in [0.05, 0.1) is 12.1 Å². The molecule has 1 aromatic heterocycles. The molecule has 2 rings (SSSR count). The average molecular weight is 309 g/mol. The van der Waals surface area contributed by atoms with Crippen molar-refractivity contribution in [1.82, 2.24) is 20.5 Å². The van der Waals surface area contributed by atoms with Crippen LogP contribution in [0.1, 0.15) is 28.4 Å². The molecule has 0 saturated carbocycles. The maximum Gasteiger partial charge on any atom is 0.251 e. The number of carbonyl (C=O) groups is 1. The number of benzene rings is 1. The van der Waals surface area contributed by atoms with Crippen LogP contribution < -0.4 is 10.1 Å². The number of ether oxygens (including phenoxy) is 1. The van der Waals surface area contributed by atoms with E-state index in [0.717, 1.165) is 18.1 Å². The Labute approximate surface area is 127 Å². The number of halogens is 1. The second-order valence-electron chi connectivity index (χ2n) is 4.55. The van der Waals surface area contributed by atoms with Gasteiger partial charge in [0.2, 0.25) is 0 Å². The fraction of sp³-hybridized carbons (Fsp3) is 0.357. The molecule has 0 aliphatic carbocycles. The minimum atomic E-state index is -0.156. The second kappa shape index (κ2) is 7.08. The molecule has 0 bridgehead atoms. The molecule has 21 heavy (non-hydrogen) atoms. The van der Waals surface area contributed by atoms with Gasteiger partial charge in [-0.1, -0.05) is 11.6 Å². The molecule has 0 radical (unpaired) electrons. The Morgan fingerprint density at radius 3 is 2.95 bits per heavy atom. The van der Waals surface area contributed by atoms with Gasteiger partial charge in [0.1, 0.15) is 11.6 Å². The second-order valence-corrected chi connectivity index (χ2v) is 4.95. The van der Waals surface area contributed by atoms with Crippen LogP contribution in [0.15, 0.2) is 18.2 Å². The molecular formula is C14H17ClN4O2. The largest absolute Gasteiger partial charge is 0.495 e. The predicted octanol–water partition coefficient (Wildman–Crippen LogP) is 2.14. The van der Waals surface area contributed by atoms with Crippen LogP contribution in [0.4, 0.5) is 0 Å². The molecule has 2 N–H and O–H groups in total. The number of hydrogen-bond donors (Lipinski definition) is 2. The van der Waals surface area contributed by atoms with Crippen LogP contribution in [0.5, 0.6) is 5.75 Å². The normalized spacial score (nSPS) is 10.4. The Kier molecular flexibility index (Phi) is 5.16. The Hall–Kier alpha value is -2.08. The summed E-state index contributed by atoms with van der Waals surface area (Å²) < 4.78 is 5.09. The first-order valence-corrected chi connectivity index (χ1v) is 6.97. The zero-order valence-electron chi connectivity index (χ0n) is 11.9. The summed E-state index contributed by atoms with van der Waals surface area (Å²) in [5, 5.41) is 10.2. The number of H-pyrrole nitrogens is 1. The van der Waals surface area contributed by atoms with Crippen LogP contribution >= 0.6 is 11.6 Å². The number of aromatic nitrogens is 3. The highest BCUT2D eigenvalue weighted by Gasteiger charge is 2.09. The summed E-state index contributed by atoms with van der Waals surface area (Å²) >= 11 is 5.92. The highest BCUT2D eigenvalue weighted by molar-refractivity contribution is 6.32. The molecule has 112 valence electrons. The Morgan fingerprint density at radius 2 is 2.29 bits per heavy atom. The van der Waals surface area contributed by atoms with E-state index in [1.54, 1.807) is 18.2 Å². The third-order valence-corrected chi connectivity index (χ3v) is 3.23. The van der Waals surface area contributed by atoms with Crippen LogP contribution in [0.25, 0.3) is 0 Å². The van der Waals surface area contributed by atoms with Crippen LogP contribution in [0.2, 0.25) is 5.02 Å². The van der Waals surface area contributed by atoms with E-state index < -0.39 is 0 Å². The van der Waals surface area contributed by atoms with Gasteiger partial charge in [-0.2, -0.15) is 5.10 Å². The third kappa shape index (κ3) is 4.19. The zero-order valence-corrected chi connectivity index (χ0v) is 12.7. The molecule has 0 unspecified atom stereocenters. The summed E-state index contributed by atoms with van der Waals surface area (Å²) in [4.78, 5) is 16.2. The molecule has 0 aliphatic heterocycles. The van der Waals surface area contributed by atoms with E-state index in [2.05, 4.69) is 20.5 Å². The molecule has 1 aromatic carbocycles. The number of aromatic amines is 1. The van der Waals surface area contributed by atoms with E-state index in [1.165, 1.54) is 7.11 Å². The van der Waals surface area contributed by atoms with Gasteiger partial charge in [0.25, 0.3) is 5.91 Å². The van der Waals surface area contributed by atoms with Crippen molar-refractivity contribution in [3.8, 4) is 5.75 Å². The van der Waals surface area contributed by atoms with Gasteiger partial charge in [-0.05, 0) is 31.5 Å². The van der Waals surface area contributed by atoms with Gasteiger partial charge < -0.3 is 10.1 Å². The van der Waals surface area contributed by atoms with Gasteiger partial charge in [0, 0.05) is 18.5 Å². The number of aryl methyl sites for hydroxylation is 2. The van der Waals surface area contributed by atoms with Crippen molar-refractivity contribution < 1.29 is 9.53 Å². The molecule has 0 aliphatic rings. The van der Waals surface area contributed by atoms with Gasteiger partial charge in [-0.3, -0.25) is 9.89 Å². The summed E-state index contributed by atoms with van der Waals surface area (Å²) in [5.74, 6) is 1.88. The standard InChI is InChI=1S/C14H17ClN4O2/c1-9-17-13(19-18-9)4-3-7-16-14(20)10-5-6-11(15)12(8-10)21-2/h5-6,8H,3-4,7H2,1-2H3,(H,16,20)(H,17,18,19). The number of amides is 1. The fourth-order valence-corrected chi connectivity index (χ4v) is 2.05. The first kappa shape index (κ1) is 15.3. The van der Waals surface area contributed by atoms with Crippen LogP contribution in [0, 0.1) is 6.92 Å². The number of methoxy groups -OCH3 is 1. The Bertz CT molecular complexity index is 627. The van der Waals surface area contributed by atoms with Crippen molar-refractivity contribution in [3.05, 3.63) is 40.4 Å². The van der Waals surface area contributed by atoms with Gasteiger partial charge >= 0.3 is 0 Å². The smallest absolute Gasteiger partial charge is 0.251 e. The predicted molar refractivity (Wildman–Crippen MR) is 79.8 cm³/mol. The minimum Gasteiger partial charge on any atom is -0.495 e. The Balaban J connectivity index is 1.81. The van der Waals surface area contributed by atoms with E-state index in [1.807, 2.05) is 6.92 Å². The lowest BCUT2D eigenvalue weighted by Crippen LogP contribution is -2.24. The lowest BCUT2D eigenvalue weighted by molar-refractivity contribution is 0.0953. The van der Waals surface area contributed by atoms with Crippen molar-refractivity contribution in [2.75, 3.05) is 13.7 Å². The fourth-order valence-electron chi connectivity index (χ4n) is 1.85. The highest BCUT2D eigenvalue weighted by atomic mass is 35.5. The van der Waals surface area contributed by atoms with Crippen molar-refractivity contribution >= 4 is 17.5 Å². The molecule has 0 fully saturated rings. The summed E-state index contributed by atoms with van der Waals surface area (Å²) in [5.41, 5.74) is 0.519. The van der Waals surface area contributed by atoms with Crippen molar-refractivity contribution in [2.45, 2.75) is 19.8 Å². The van der Waals surface area contributed by atoms with Gasteiger partial charge in [0.15, 0.2) is 5.82 Å². The lowest BCUT2D eigenvalue weighted by atomic mass is 10.2. The van der Waals surface area contributed by atoms with E-state index in [4.69, 9.17) is 16.3 Å². The van der Waals surface area contributed by atoms with Crippen LogP contribution in [-0.2, 0) is 6.42 Å². The van der Waals surface area contributed by atoms with E-state index in [9.17, 15) is 4.79 Å². The molecule has 6 nitrogen and oxygen atoms in total. The van der Waals surface area contributed by atoms with Crippen molar-refractivity contribution in [2.24, 2.45) is 0 Å². The molecule has 1 amide bonds. The molecular weight excluding hydrogens is 292 g/mol. The lowest BCUT2D eigenvalue weighted by Gasteiger charge is -2.07. The molecule has 0 atom stereocenters.